The van der Waals surface area contributed by atoms with Gasteiger partial charge in [-0.1, -0.05) is 86.6 Å². The molecule has 2 amide bonds. The van der Waals surface area contributed by atoms with E-state index >= 15 is 0 Å². The van der Waals surface area contributed by atoms with Gasteiger partial charge in [0.2, 0.25) is 11.8 Å². The fraction of sp³-hybridized carbons (Fsp3) is 0.312. The highest BCUT2D eigenvalue weighted by molar-refractivity contribution is 6.02. The number of hydrogen-bond acceptors (Lipinski definition) is 5. The molecule has 0 saturated carbocycles. The number of carbonyl (C=O) groups is 4. The van der Waals surface area contributed by atoms with E-state index in [0.29, 0.717) is 5.69 Å². The zero-order chi connectivity index (χ0) is 29.9. The number of aliphatic carboxylic acids is 2. The number of nitrogens with zero attached hydrogens (tertiary/aromatic N) is 1. The van der Waals surface area contributed by atoms with E-state index in [0.717, 1.165) is 16.7 Å². The molecule has 3 aromatic carbocycles. The number of carboxylic acid groups (broad SMARTS) is 2. The number of carboxylic acids is 2. The molecular formula is C32H37N3O6. The molecule has 3 rings (SSSR count). The minimum Gasteiger partial charge on any atom is -0.480 e. The number of amides is 2. The van der Waals surface area contributed by atoms with Crippen molar-refractivity contribution in [2.45, 2.75) is 58.3 Å². The summed E-state index contributed by atoms with van der Waals surface area (Å²) < 4.78 is 0. The van der Waals surface area contributed by atoms with Gasteiger partial charge in [0.1, 0.15) is 12.1 Å². The van der Waals surface area contributed by atoms with E-state index in [-0.39, 0.29) is 18.9 Å². The summed E-state index contributed by atoms with van der Waals surface area (Å²) in [6.07, 6.45) is -0.163. The molecule has 0 heterocycles. The number of anilines is 1. The molecule has 9 nitrogen and oxygen atoms in total. The highest BCUT2D eigenvalue weighted by Gasteiger charge is 2.35. The Kier molecular flexibility index (Phi) is 11.2. The molecule has 0 aliphatic rings. The summed E-state index contributed by atoms with van der Waals surface area (Å²) >= 11 is 0. The van der Waals surface area contributed by atoms with Crippen LogP contribution < -0.4 is 15.5 Å². The first-order valence-corrected chi connectivity index (χ1v) is 13.6. The fourth-order valence-corrected chi connectivity index (χ4v) is 4.49. The van der Waals surface area contributed by atoms with Gasteiger partial charge in [-0.05, 0) is 48.1 Å². The minimum absolute atomic E-state index is 0.0276. The smallest absolute Gasteiger partial charge is 0.326 e. The van der Waals surface area contributed by atoms with Gasteiger partial charge in [-0.15, -0.1) is 0 Å². The Morgan fingerprint density at radius 3 is 1.83 bits per heavy atom. The van der Waals surface area contributed by atoms with Crippen molar-refractivity contribution in [3.8, 4) is 11.1 Å². The molecule has 9 heteroatoms. The molecular weight excluding hydrogens is 522 g/mol. The molecule has 0 radical (unpaired) electrons. The van der Waals surface area contributed by atoms with Crippen molar-refractivity contribution in [1.82, 2.24) is 10.6 Å². The van der Waals surface area contributed by atoms with E-state index < -0.39 is 48.3 Å². The molecule has 1 unspecified atom stereocenters. The lowest BCUT2D eigenvalue weighted by molar-refractivity contribution is -0.143. The average Bonchev–Trinajstić information content (AvgIpc) is 2.96. The summed E-state index contributed by atoms with van der Waals surface area (Å²) in [6, 6.07) is 22.2. The number of hydrogen-bond donors (Lipinski definition) is 4. The topological polar surface area (TPSA) is 136 Å². The van der Waals surface area contributed by atoms with Gasteiger partial charge in [-0.25, -0.2) is 4.79 Å². The lowest BCUT2D eigenvalue weighted by Gasteiger charge is -2.33. The Bertz CT molecular complexity index is 1310. The van der Waals surface area contributed by atoms with Gasteiger partial charge < -0.3 is 15.5 Å². The third kappa shape index (κ3) is 9.01. The van der Waals surface area contributed by atoms with Crippen LogP contribution in [0.25, 0.3) is 11.1 Å². The molecule has 0 saturated heterocycles. The highest BCUT2D eigenvalue weighted by Crippen LogP contribution is 2.26. The molecule has 0 bridgehead atoms. The Hall–Kier alpha value is -4.50. The lowest BCUT2D eigenvalue weighted by atomic mass is 9.99. The van der Waals surface area contributed by atoms with Gasteiger partial charge >= 0.3 is 11.9 Å². The summed E-state index contributed by atoms with van der Waals surface area (Å²) in [7, 11) is 0. The van der Waals surface area contributed by atoms with Crippen LogP contribution in [0.1, 0.15) is 39.2 Å². The van der Waals surface area contributed by atoms with E-state index in [1.165, 1.54) is 11.8 Å². The van der Waals surface area contributed by atoms with E-state index in [9.17, 15) is 29.4 Å². The molecule has 0 aliphatic heterocycles. The van der Waals surface area contributed by atoms with Crippen LogP contribution in [0.15, 0.2) is 84.9 Å². The Balaban J connectivity index is 1.83. The molecule has 0 aromatic heterocycles. The molecule has 3 atom stereocenters. The van der Waals surface area contributed by atoms with E-state index in [1.807, 2.05) is 86.6 Å². The van der Waals surface area contributed by atoms with Crippen molar-refractivity contribution in [3.63, 3.8) is 0 Å². The maximum atomic E-state index is 13.9. The molecule has 0 spiro atoms. The minimum atomic E-state index is -1.36. The van der Waals surface area contributed by atoms with Crippen LogP contribution in [-0.2, 0) is 25.7 Å². The standard InChI is InChI=1S/C32H37N3O6/c1-21(2)18-27(34-28(32(40)41)19-29(36)33-20-23-10-6-4-7-11-23)30(37)35(22(3)31(38)39)26-16-14-25(15-17-26)24-12-8-5-9-13-24/h4-17,21-22,27-28,34H,18-20H2,1-3H3,(H,33,36)(H,38,39)(H,40,41)/t22-,27-,28?/m0/s1. The van der Waals surface area contributed by atoms with Crippen molar-refractivity contribution >= 4 is 29.4 Å². The van der Waals surface area contributed by atoms with Crippen LogP contribution in [0.3, 0.4) is 0 Å². The Morgan fingerprint density at radius 2 is 1.29 bits per heavy atom. The van der Waals surface area contributed by atoms with Gasteiger partial charge in [0.05, 0.1) is 12.5 Å². The van der Waals surface area contributed by atoms with Crippen molar-refractivity contribution < 1.29 is 29.4 Å². The number of carbonyl (C=O) groups excluding carboxylic acids is 2. The predicted octanol–water partition coefficient (Wildman–Crippen LogP) is 4.32. The zero-order valence-electron chi connectivity index (χ0n) is 23.5. The van der Waals surface area contributed by atoms with Crippen molar-refractivity contribution in [3.05, 3.63) is 90.5 Å². The van der Waals surface area contributed by atoms with Gasteiger partial charge in [-0.3, -0.25) is 24.6 Å². The largest absolute Gasteiger partial charge is 0.480 e. The second kappa shape index (κ2) is 14.8. The van der Waals surface area contributed by atoms with E-state index in [4.69, 9.17) is 0 Å². The average molecular weight is 560 g/mol. The van der Waals surface area contributed by atoms with Gasteiger partial charge in [0, 0.05) is 12.2 Å². The second-order valence-corrected chi connectivity index (χ2v) is 10.3. The van der Waals surface area contributed by atoms with E-state index in [2.05, 4.69) is 10.6 Å². The van der Waals surface area contributed by atoms with Crippen molar-refractivity contribution in [1.29, 1.82) is 0 Å². The van der Waals surface area contributed by atoms with Gasteiger partial charge in [0.25, 0.3) is 0 Å². The summed E-state index contributed by atoms with van der Waals surface area (Å²) in [5, 5.41) is 25.3. The first-order chi connectivity index (χ1) is 19.6. The molecule has 216 valence electrons. The van der Waals surface area contributed by atoms with Gasteiger partial charge in [-0.2, -0.15) is 0 Å². The summed E-state index contributed by atoms with van der Waals surface area (Å²) in [6.45, 7) is 5.40. The summed E-state index contributed by atoms with van der Waals surface area (Å²) in [5.74, 6) is -3.59. The molecule has 0 aliphatic carbocycles. The molecule has 3 aromatic rings. The first kappa shape index (κ1) is 31.0. The second-order valence-electron chi connectivity index (χ2n) is 10.3. The third-order valence-electron chi connectivity index (χ3n) is 6.66. The van der Waals surface area contributed by atoms with Crippen LogP contribution in [0, 0.1) is 5.92 Å². The number of nitrogens with one attached hydrogen (secondary N) is 2. The Labute approximate surface area is 240 Å². The SMILES string of the molecule is CC(C)C[C@H](NC(CC(=O)NCc1ccccc1)C(=O)O)C(=O)N(c1ccc(-c2ccccc2)cc1)[C@@H](C)C(=O)O. The van der Waals surface area contributed by atoms with Crippen molar-refractivity contribution in [2.75, 3.05) is 4.90 Å². The van der Waals surface area contributed by atoms with Crippen LogP contribution in [0.5, 0.6) is 0 Å². The normalized spacial score (nSPS) is 13.2. The number of rotatable bonds is 14. The quantitative estimate of drug-likeness (QED) is 0.231. The fourth-order valence-electron chi connectivity index (χ4n) is 4.49. The zero-order valence-corrected chi connectivity index (χ0v) is 23.5. The van der Waals surface area contributed by atoms with Crippen LogP contribution in [-0.4, -0.2) is 52.1 Å². The van der Waals surface area contributed by atoms with Crippen LogP contribution in [0.4, 0.5) is 5.69 Å². The number of benzene rings is 3. The molecule has 0 fully saturated rings. The third-order valence-corrected chi connectivity index (χ3v) is 6.66. The highest BCUT2D eigenvalue weighted by atomic mass is 16.4. The Morgan fingerprint density at radius 1 is 0.732 bits per heavy atom. The lowest BCUT2D eigenvalue weighted by Crippen LogP contribution is -2.56. The monoisotopic (exact) mass is 559 g/mol. The van der Waals surface area contributed by atoms with Crippen LogP contribution in [0.2, 0.25) is 0 Å². The maximum absolute atomic E-state index is 13.9. The predicted molar refractivity (Wildman–Crippen MR) is 157 cm³/mol. The first-order valence-electron chi connectivity index (χ1n) is 13.6. The summed E-state index contributed by atoms with van der Waals surface area (Å²) in [4.78, 5) is 51.9. The molecule has 41 heavy (non-hydrogen) atoms. The maximum Gasteiger partial charge on any atom is 0.326 e. The van der Waals surface area contributed by atoms with Crippen LogP contribution >= 0.6 is 0 Å². The summed E-state index contributed by atoms with van der Waals surface area (Å²) in [5.41, 5.74) is 3.10. The van der Waals surface area contributed by atoms with Crippen molar-refractivity contribution in [2.24, 2.45) is 5.92 Å². The van der Waals surface area contributed by atoms with Gasteiger partial charge in [0.15, 0.2) is 0 Å². The molecule has 4 N–H and O–H groups in total. The van der Waals surface area contributed by atoms with E-state index in [1.54, 1.807) is 12.1 Å².